The van der Waals surface area contributed by atoms with Crippen LogP contribution < -0.4 is 0 Å². The molecule has 0 saturated heterocycles. The zero-order valence-electron chi connectivity index (χ0n) is 25.4. The van der Waals surface area contributed by atoms with Gasteiger partial charge in [-0.2, -0.15) is 0 Å². The average molecular weight is 562 g/mol. The molecule has 1 heterocycles. The number of hydrogen-bond acceptors (Lipinski definition) is 1. The van der Waals surface area contributed by atoms with Gasteiger partial charge >= 0.3 is 5.97 Å². The molecule has 1 aromatic carbocycles. The van der Waals surface area contributed by atoms with Crippen molar-refractivity contribution < 1.29 is 9.90 Å². The highest BCUT2D eigenvalue weighted by Crippen LogP contribution is 2.77. The van der Waals surface area contributed by atoms with Crippen molar-refractivity contribution in [2.24, 2.45) is 51.2 Å². The predicted octanol–water partition coefficient (Wildman–Crippen LogP) is 9.58. The van der Waals surface area contributed by atoms with E-state index in [1.165, 1.54) is 47.0 Å². The Labute approximate surface area is 245 Å². The molecule has 0 spiro atoms. The van der Waals surface area contributed by atoms with Crippen LogP contribution in [0.4, 0.5) is 0 Å². The van der Waals surface area contributed by atoms with E-state index in [4.69, 9.17) is 11.6 Å². The minimum atomic E-state index is -0.552. The molecular weight excluding hydrogens is 514 g/mol. The van der Waals surface area contributed by atoms with Crippen LogP contribution in [-0.4, -0.2) is 16.1 Å². The van der Waals surface area contributed by atoms with E-state index in [0.717, 1.165) is 43.5 Å². The second kappa shape index (κ2) is 8.21. The molecule has 3 nitrogen and oxygen atoms in total. The summed E-state index contributed by atoms with van der Waals surface area (Å²) in [7, 11) is 0. The molecular formula is C36H48ClNO2. The molecule has 4 heteroatoms. The van der Waals surface area contributed by atoms with Crippen molar-refractivity contribution in [1.82, 2.24) is 4.98 Å². The van der Waals surface area contributed by atoms with Crippen LogP contribution in [0.1, 0.15) is 104 Å². The predicted molar refractivity (Wildman–Crippen MR) is 164 cm³/mol. The molecule has 1 aromatic heterocycles. The second-order valence-electron chi connectivity index (χ2n) is 16.2. The van der Waals surface area contributed by atoms with Gasteiger partial charge in [-0.3, -0.25) is 4.79 Å². The number of fused-ring (bicyclic) bond motifs is 10. The van der Waals surface area contributed by atoms with E-state index >= 15 is 0 Å². The highest BCUT2D eigenvalue weighted by Gasteiger charge is 2.72. The number of rotatable bonds is 2. The molecule has 0 amide bonds. The van der Waals surface area contributed by atoms with Gasteiger partial charge in [-0.25, -0.2) is 0 Å². The van der Waals surface area contributed by atoms with Gasteiger partial charge in [0.25, 0.3) is 0 Å². The topological polar surface area (TPSA) is 53.1 Å². The fourth-order valence-corrected chi connectivity index (χ4v) is 13.0. The summed E-state index contributed by atoms with van der Waals surface area (Å²) >= 11 is 6.54. The number of carbonyl (C=O) groups is 1. The summed E-state index contributed by atoms with van der Waals surface area (Å²) in [5.74, 6) is 1.74. The molecule has 7 rings (SSSR count). The van der Waals surface area contributed by atoms with Crippen molar-refractivity contribution in [2.45, 2.75) is 105 Å². The first-order valence-corrected chi connectivity index (χ1v) is 16.3. The largest absolute Gasteiger partial charge is 0.481 e. The van der Waals surface area contributed by atoms with Crippen molar-refractivity contribution in [3.8, 4) is 0 Å². The van der Waals surface area contributed by atoms with Gasteiger partial charge in [0, 0.05) is 27.0 Å². The van der Waals surface area contributed by atoms with Crippen LogP contribution in [0.25, 0.3) is 10.9 Å². The maximum atomic E-state index is 13.0. The number of hydrogen-bond donors (Lipinski definition) is 2. The third-order valence-electron chi connectivity index (χ3n) is 14.7. The molecule has 0 aliphatic heterocycles. The van der Waals surface area contributed by atoms with Crippen molar-refractivity contribution in [3.63, 3.8) is 0 Å². The molecule has 4 fully saturated rings. The summed E-state index contributed by atoms with van der Waals surface area (Å²) in [5, 5.41) is 12.8. The fourth-order valence-electron chi connectivity index (χ4n) is 12.8. The molecule has 2 aromatic rings. The van der Waals surface area contributed by atoms with E-state index in [9.17, 15) is 9.90 Å². The van der Waals surface area contributed by atoms with E-state index in [1.54, 1.807) is 0 Å². The van der Waals surface area contributed by atoms with Crippen LogP contribution in [-0.2, 0) is 16.6 Å². The summed E-state index contributed by atoms with van der Waals surface area (Å²) in [6.45, 7) is 19.4. The molecule has 2 N–H and O–H groups in total. The number of halogens is 1. The minimum Gasteiger partial charge on any atom is -0.481 e. The van der Waals surface area contributed by atoms with Gasteiger partial charge in [0.1, 0.15) is 0 Å². The second-order valence-corrected chi connectivity index (χ2v) is 16.7. The molecule has 5 aliphatic carbocycles. The van der Waals surface area contributed by atoms with Crippen LogP contribution in [0.3, 0.4) is 0 Å². The van der Waals surface area contributed by atoms with Crippen LogP contribution in [0, 0.1) is 51.2 Å². The Bertz CT molecular complexity index is 1440. The fraction of sp³-hybridized carbons (Fsp3) is 0.694. The Morgan fingerprint density at radius 2 is 1.73 bits per heavy atom. The SMILES string of the molecule is C=C(C)[C@@H]1CC[C@]2(C(=O)O)CC[C@]3(C)[C@H](CC[C@@H]4[C@@]5(C)Cc6c([nH]c7ccc(Cl)cc67)C(C)(C)[C@@H]5CC[C@]43C)[C@@H]12. The third-order valence-corrected chi connectivity index (χ3v) is 14.9. The molecule has 0 radical (unpaired) electrons. The van der Waals surface area contributed by atoms with Crippen molar-refractivity contribution in [2.75, 3.05) is 0 Å². The zero-order valence-corrected chi connectivity index (χ0v) is 26.2. The number of H-pyrrole nitrogens is 1. The first-order valence-electron chi connectivity index (χ1n) is 15.9. The van der Waals surface area contributed by atoms with E-state index in [2.05, 4.69) is 65.2 Å². The lowest BCUT2D eigenvalue weighted by Crippen LogP contribution is -2.66. The standard InChI is InChI=1S/C36H48ClNO2/c1-20(2)22-12-15-36(31(39)40)17-16-34(6)25(29(22)36)9-11-28-33(5)19-24-23-18-21(37)8-10-26(23)38-30(24)32(3,4)27(33)13-14-35(28,34)7/h8,10,18,22,25,27-29,38H,1,9,11-17,19H2,2-7H3,(H,39,40)/t22-,25+,27-,28+,29+,33-,34+,35+,36-/m0/s1. The smallest absolute Gasteiger partial charge is 0.309 e. The Hall–Kier alpha value is -1.74. The molecule has 216 valence electrons. The van der Waals surface area contributed by atoms with E-state index in [-0.39, 0.29) is 27.6 Å². The Balaban J connectivity index is 1.34. The van der Waals surface area contributed by atoms with Gasteiger partial charge in [-0.1, -0.05) is 58.4 Å². The van der Waals surface area contributed by atoms with Gasteiger partial charge in [-0.15, -0.1) is 0 Å². The molecule has 0 unspecified atom stereocenters. The minimum absolute atomic E-state index is 0.0639. The average Bonchev–Trinajstić information content (AvgIpc) is 3.44. The van der Waals surface area contributed by atoms with Crippen molar-refractivity contribution in [1.29, 1.82) is 0 Å². The summed E-state index contributed by atoms with van der Waals surface area (Å²) < 4.78 is 0. The number of benzene rings is 1. The maximum Gasteiger partial charge on any atom is 0.309 e. The first-order chi connectivity index (χ1) is 18.7. The molecule has 5 aliphatic rings. The molecule has 0 bridgehead atoms. The van der Waals surface area contributed by atoms with Gasteiger partial charge in [0.2, 0.25) is 0 Å². The number of carboxylic acid groups (broad SMARTS) is 1. The summed E-state index contributed by atoms with van der Waals surface area (Å²) in [4.78, 5) is 16.8. The Morgan fingerprint density at radius 1 is 0.975 bits per heavy atom. The number of aromatic amines is 1. The van der Waals surface area contributed by atoms with Crippen LogP contribution >= 0.6 is 11.6 Å². The third kappa shape index (κ3) is 3.07. The van der Waals surface area contributed by atoms with Crippen molar-refractivity contribution in [3.05, 3.63) is 46.6 Å². The lowest BCUT2D eigenvalue weighted by molar-refractivity contribution is -0.227. The summed E-state index contributed by atoms with van der Waals surface area (Å²) in [6.07, 6.45) is 9.69. The summed E-state index contributed by atoms with van der Waals surface area (Å²) in [5.41, 5.74) is 5.40. The van der Waals surface area contributed by atoms with Gasteiger partial charge in [0.15, 0.2) is 0 Å². The monoisotopic (exact) mass is 561 g/mol. The lowest BCUT2D eigenvalue weighted by atomic mass is 9.32. The Morgan fingerprint density at radius 3 is 2.42 bits per heavy atom. The summed E-state index contributed by atoms with van der Waals surface area (Å²) in [6, 6.07) is 6.34. The Kier molecular flexibility index (Phi) is 5.56. The van der Waals surface area contributed by atoms with Crippen molar-refractivity contribution >= 4 is 28.5 Å². The maximum absolute atomic E-state index is 13.0. The quantitative estimate of drug-likeness (QED) is 0.358. The first kappa shape index (κ1) is 27.1. The number of aromatic nitrogens is 1. The number of allylic oxidation sites excluding steroid dienone is 1. The van der Waals surface area contributed by atoms with Gasteiger partial charge in [0.05, 0.1) is 5.41 Å². The van der Waals surface area contributed by atoms with Crippen LogP contribution in [0.15, 0.2) is 30.4 Å². The number of carboxylic acids is 1. The van der Waals surface area contributed by atoms with Crippen LogP contribution in [0.2, 0.25) is 5.02 Å². The molecule has 4 saturated carbocycles. The van der Waals surface area contributed by atoms with Gasteiger partial charge < -0.3 is 10.1 Å². The number of aliphatic carboxylic acids is 1. The lowest BCUT2D eigenvalue weighted by Gasteiger charge is -2.72. The highest BCUT2D eigenvalue weighted by molar-refractivity contribution is 6.31. The van der Waals surface area contributed by atoms with E-state index in [1.807, 2.05) is 6.07 Å². The molecule has 40 heavy (non-hydrogen) atoms. The van der Waals surface area contributed by atoms with Crippen LogP contribution in [0.5, 0.6) is 0 Å². The molecule has 9 atom stereocenters. The normalized spacial score (nSPS) is 45.1. The van der Waals surface area contributed by atoms with E-state index < -0.39 is 11.4 Å². The zero-order chi connectivity index (χ0) is 28.6. The van der Waals surface area contributed by atoms with Gasteiger partial charge in [-0.05, 0) is 134 Å². The highest BCUT2D eigenvalue weighted by atomic mass is 35.5. The number of nitrogens with one attached hydrogen (secondary N) is 1. The van der Waals surface area contributed by atoms with E-state index in [0.29, 0.717) is 23.7 Å².